The quantitative estimate of drug-likeness (QED) is 0.249. The summed E-state index contributed by atoms with van der Waals surface area (Å²) in [6.07, 6.45) is 7.37. The number of phosphoric ester groups is 1. The Labute approximate surface area is 120 Å². The van der Waals surface area contributed by atoms with Gasteiger partial charge in [-0.1, -0.05) is 45.6 Å². The number of hydrogen-bond acceptors (Lipinski definition) is 4. The van der Waals surface area contributed by atoms with Crippen LogP contribution in [-0.2, 0) is 18.6 Å². The molecule has 0 saturated heterocycles. The van der Waals surface area contributed by atoms with Gasteiger partial charge in [-0.05, 0) is 12.8 Å². The van der Waals surface area contributed by atoms with E-state index in [2.05, 4.69) is 18.0 Å². The number of rotatable bonds is 12. The molecule has 20 heavy (non-hydrogen) atoms. The van der Waals surface area contributed by atoms with Crippen molar-refractivity contribution in [3.8, 4) is 0 Å². The standard InChI is InChI=1S/C13H25O6P/c1-3-5-6-7-8-9-10-12(19-13(14)4-2)11-18-20(15,16)17/h4,12H,2-3,5-11H2,1H3,(H2,15,16,17). The second-order valence-corrected chi connectivity index (χ2v) is 5.85. The van der Waals surface area contributed by atoms with Crippen molar-refractivity contribution in [3.63, 3.8) is 0 Å². The van der Waals surface area contributed by atoms with E-state index in [1.54, 1.807) is 0 Å². The van der Waals surface area contributed by atoms with Crippen LogP contribution < -0.4 is 0 Å². The largest absolute Gasteiger partial charge is 0.469 e. The Kier molecular flexibility index (Phi) is 10.7. The second-order valence-electron chi connectivity index (χ2n) is 4.61. The van der Waals surface area contributed by atoms with Crippen molar-refractivity contribution in [2.45, 2.75) is 58.0 Å². The predicted octanol–water partition coefficient (Wildman–Crippen LogP) is 2.94. The molecule has 0 aromatic carbocycles. The molecule has 0 aromatic heterocycles. The van der Waals surface area contributed by atoms with Gasteiger partial charge in [-0.15, -0.1) is 0 Å². The van der Waals surface area contributed by atoms with Crippen LogP contribution in [0.5, 0.6) is 0 Å². The zero-order chi connectivity index (χ0) is 15.4. The molecule has 2 N–H and O–H groups in total. The summed E-state index contributed by atoms with van der Waals surface area (Å²) in [4.78, 5) is 28.4. The Hall–Kier alpha value is -0.680. The van der Waals surface area contributed by atoms with E-state index < -0.39 is 19.9 Å². The maximum Gasteiger partial charge on any atom is 0.469 e. The highest BCUT2D eigenvalue weighted by Gasteiger charge is 2.20. The molecule has 0 aliphatic carbocycles. The summed E-state index contributed by atoms with van der Waals surface area (Å²) in [5.74, 6) is -0.615. The minimum absolute atomic E-state index is 0.307. The molecule has 0 radical (unpaired) electrons. The fourth-order valence-electron chi connectivity index (χ4n) is 1.72. The average Bonchev–Trinajstić information content (AvgIpc) is 2.38. The van der Waals surface area contributed by atoms with E-state index >= 15 is 0 Å². The molecule has 0 aliphatic heterocycles. The van der Waals surface area contributed by atoms with Gasteiger partial charge in [0.2, 0.25) is 0 Å². The lowest BCUT2D eigenvalue weighted by molar-refractivity contribution is -0.145. The van der Waals surface area contributed by atoms with Crippen molar-refractivity contribution in [2.75, 3.05) is 6.61 Å². The zero-order valence-electron chi connectivity index (χ0n) is 12.0. The molecular weight excluding hydrogens is 283 g/mol. The number of phosphoric acid groups is 1. The van der Waals surface area contributed by atoms with Crippen molar-refractivity contribution in [1.82, 2.24) is 0 Å². The van der Waals surface area contributed by atoms with Crippen molar-refractivity contribution < 1.29 is 28.4 Å². The van der Waals surface area contributed by atoms with Crippen molar-refractivity contribution in [2.24, 2.45) is 0 Å². The predicted molar refractivity (Wildman–Crippen MR) is 76.1 cm³/mol. The lowest BCUT2D eigenvalue weighted by Crippen LogP contribution is -2.22. The Morgan fingerprint density at radius 2 is 1.85 bits per heavy atom. The average molecular weight is 308 g/mol. The topological polar surface area (TPSA) is 93.1 Å². The molecule has 0 bridgehead atoms. The molecule has 0 amide bonds. The lowest BCUT2D eigenvalue weighted by atomic mass is 10.1. The third-order valence-electron chi connectivity index (χ3n) is 2.76. The summed E-state index contributed by atoms with van der Waals surface area (Å²) >= 11 is 0. The van der Waals surface area contributed by atoms with Crippen LogP contribution in [0.4, 0.5) is 0 Å². The summed E-state index contributed by atoms with van der Waals surface area (Å²) in [5, 5.41) is 0. The smallest absolute Gasteiger partial charge is 0.457 e. The summed E-state index contributed by atoms with van der Waals surface area (Å²) < 4.78 is 20.0. The molecule has 7 heteroatoms. The van der Waals surface area contributed by atoms with Crippen LogP contribution in [0, 0.1) is 0 Å². The summed E-state index contributed by atoms with van der Waals surface area (Å²) in [6, 6.07) is 0. The highest BCUT2D eigenvalue weighted by Crippen LogP contribution is 2.36. The zero-order valence-corrected chi connectivity index (χ0v) is 12.9. The summed E-state index contributed by atoms with van der Waals surface area (Å²) in [6.45, 7) is 5.12. The Morgan fingerprint density at radius 1 is 1.25 bits per heavy atom. The van der Waals surface area contributed by atoms with Gasteiger partial charge >= 0.3 is 13.8 Å². The van der Waals surface area contributed by atoms with Crippen LogP contribution in [0.2, 0.25) is 0 Å². The van der Waals surface area contributed by atoms with E-state index in [4.69, 9.17) is 14.5 Å². The molecule has 1 atom stereocenters. The molecular formula is C13H25O6P. The highest BCUT2D eigenvalue weighted by atomic mass is 31.2. The Morgan fingerprint density at radius 3 is 2.40 bits per heavy atom. The SMILES string of the molecule is C=CC(=O)OC(CCCCCCCC)COP(=O)(O)O. The summed E-state index contributed by atoms with van der Waals surface area (Å²) in [7, 11) is -4.54. The van der Waals surface area contributed by atoms with Crippen LogP contribution in [-0.4, -0.2) is 28.5 Å². The lowest BCUT2D eigenvalue weighted by Gasteiger charge is -2.17. The fraction of sp³-hybridized carbons (Fsp3) is 0.769. The maximum absolute atomic E-state index is 11.1. The van der Waals surface area contributed by atoms with Crippen LogP contribution in [0.25, 0.3) is 0 Å². The third kappa shape index (κ3) is 12.4. The number of carbonyl (C=O) groups excluding carboxylic acids is 1. The van der Waals surface area contributed by atoms with E-state index in [1.165, 1.54) is 19.3 Å². The number of carbonyl (C=O) groups is 1. The molecule has 0 rings (SSSR count). The van der Waals surface area contributed by atoms with E-state index in [9.17, 15) is 9.36 Å². The number of unbranched alkanes of at least 4 members (excludes halogenated alkanes) is 5. The fourth-order valence-corrected chi connectivity index (χ4v) is 2.08. The maximum atomic E-state index is 11.1. The molecule has 0 spiro atoms. The van der Waals surface area contributed by atoms with Crippen LogP contribution in [0.1, 0.15) is 51.9 Å². The van der Waals surface area contributed by atoms with Gasteiger partial charge in [0.25, 0.3) is 0 Å². The molecule has 0 fully saturated rings. The first-order valence-corrected chi connectivity index (χ1v) is 8.45. The molecule has 0 heterocycles. The molecule has 1 unspecified atom stereocenters. The number of ether oxygens (including phenoxy) is 1. The third-order valence-corrected chi connectivity index (χ3v) is 3.24. The van der Waals surface area contributed by atoms with Gasteiger partial charge in [-0.2, -0.15) is 0 Å². The highest BCUT2D eigenvalue weighted by molar-refractivity contribution is 7.46. The van der Waals surface area contributed by atoms with Gasteiger partial charge in [0.05, 0.1) is 6.61 Å². The van der Waals surface area contributed by atoms with E-state index in [0.29, 0.717) is 6.42 Å². The van der Waals surface area contributed by atoms with Crippen LogP contribution >= 0.6 is 7.82 Å². The van der Waals surface area contributed by atoms with Crippen LogP contribution in [0.15, 0.2) is 12.7 Å². The molecule has 0 saturated carbocycles. The molecule has 0 aliphatic rings. The minimum atomic E-state index is -4.54. The van der Waals surface area contributed by atoms with Gasteiger partial charge in [0, 0.05) is 6.08 Å². The first kappa shape index (κ1) is 19.3. The van der Waals surface area contributed by atoms with Crippen molar-refractivity contribution in [3.05, 3.63) is 12.7 Å². The molecule has 0 aromatic rings. The van der Waals surface area contributed by atoms with Gasteiger partial charge in [0.15, 0.2) is 0 Å². The minimum Gasteiger partial charge on any atom is -0.457 e. The normalized spacial score (nSPS) is 12.9. The monoisotopic (exact) mass is 308 g/mol. The first-order valence-electron chi connectivity index (χ1n) is 6.92. The van der Waals surface area contributed by atoms with E-state index in [-0.39, 0.29) is 6.61 Å². The van der Waals surface area contributed by atoms with Crippen molar-refractivity contribution in [1.29, 1.82) is 0 Å². The van der Waals surface area contributed by atoms with Gasteiger partial charge in [-0.3, -0.25) is 4.52 Å². The Balaban J connectivity index is 4.01. The number of hydrogen-bond donors (Lipinski definition) is 2. The van der Waals surface area contributed by atoms with E-state index in [0.717, 1.165) is 25.3 Å². The summed E-state index contributed by atoms with van der Waals surface area (Å²) in [5.41, 5.74) is 0. The van der Waals surface area contributed by atoms with Gasteiger partial charge in [0.1, 0.15) is 6.10 Å². The second kappa shape index (κ2) is 11.0. The Bertz CT molecular complexity index is 325. The molecule has 6 nitrogen and oxygen atoms in total. The van der Waals surface area contributed by atoms with Crippen LogP contribution in [0.3, 0.4) is 0 Å². The first-order chi connectivity index (χ1) is 9.39. The van der Waals surface area contributed by atoms with Gasteiger partial charge in [-0.25, -0.2) is 9.36 Å². The van der Waals surface area contributed by atoms with E-state index in [1.807, 2.05) is 0 Å². The van der Waals surface area contributed by atoms with Crippen molar-refractivity contribution >= 4 is 13.8 Å². The number of esters is 1. The van der Waals surface area contributed by atoms with Gasteiger partial charge < -0.3 is 14.5 Å². The molecule has 118 valence electrons.